The molecule has 0 aliphatic heterocycles. The van der Waals surface area contributed by atoms with Crippen LogP contribution in [-0.2, 0) is 6.54 Å². The van der Waals surface area contributed by atoms with E-state index in [2.05, 4.69) is 15.6 Å². The second-order valence-electron chi connectivity index (χ2n) is 3.13. The first-order chi connectivity index (χ1) is 7.84. The van der Waals surface area contributed by atoms with E-state index in [9.17, 15) is 4.79 Å². The number of anilines is 1. The van der Waals surface area contributed by atoms with E-state index in [-0.39, 0.29) is 6.03 Å². The summed E-state index contributed by atoms with van der Waals surface area (Å²) in [5.74, 6) is 0. The molecule has 0 atom stereocenters. The van der Waals surface area contributed by atoms with E-state index in [0.717, 1.165) is 4.88 Å². The normalized spacial score (nSPS) is 9.75. The van der Waals surface area contributed by atoms with Crippen LogP contribution in [0.15, 0.2) is 42.0 Å². The molecule has 2 heterocycles. The van der Waals surface area contributed by atoms with E-state index in [1.165, 1.54) is 0 Å². The number of urea groups is 1. The molecule has 5 heteroatoms. The minimum atomic E-state index is -0.221. The zero-order chi connectivity index (χ0) is 11.2. The second kappa shape index (κ2) is 5.27. The fraction of sp³-hybridized carbons (Fsp3) is 0.0909. The molecule has 0 aromatic carbocycles. The predicted molar refractivity (Wildman–Crippen MR) is 64.4 cm³/mol. The van der Waals surface area contributed by atoms with Crippen molar-refractivity contribution in [3.8, 4) is 0 Å². The van der Waals surface area contributed by atoms with Crippen LogP contribution in [-0.4, -0.2) is 11.0 Å². The molecule has 0 aliphatic rings. The largest absolute Gasteiger partial charge is 0.333 e. The van der Waals surface area contributed by atoms with Crippen molar-refractivity contribution in [1.82, 2.24) is 10.3 Å². The molecule has 2 aromatic rings. The summed E-state index contributed by atoms with van der Waals surface area (Å²) in [4.78, 5) is 16.5. The third kappa shape index (κ3) is 3.06. The number of nitrogens with one attached hydrogen (secondary N) is 2. The highest BCUT2D eigenvalue weighted by molar-refractivity contribution is 7.09. The van der Waals surface area contributed by atoms with Crippen molar-refractivity contribution in [2.45, 2.75) is 6.54 Å². The molecule has 2 rings (SSSR count). The van der Waals surface area contributed by atoms with Gasteiger partial charge in [-0.2, -0.15) is 0 Å². The molecule has 0 spiro atoms. The van der Waals surface area contributed by atoms with Gasteiger partial charge in [-0.1, -0.05) is 6.07 Å². The fourth-order valence-corrected chi connectivity index (χ4v) is 1.84. The zero-order valence-electron chi connectivity index (χ0n) is 8.51. The lowest BCUT2D eigenvalue weighted by Crippen LogP contribution is -2.27. The number of hydrogen-bond acceptors (Lipinski definition) is 3. The second-order valence-corrected chi connectivity index (χ2v) is 4.16. The van der Waals surface area contributed by atoms with Crippen LogP contribution in [0.4, 0.5) is 10.5 Å². The number of thiophene rings is 1. The zero-order valence-corrected chi connectivity index (χ0v) is 9.33. The van der Waals surface area contributed by atoms with Crippen LogP contribution >= 0.6 is 11.3 Å². The molecule has 0 unspecified atom stereocenters. The molecule has 2 aromatic heterocycles. The van der Waals surface area contributed by atoms with Crippen molar-refractivity contribution in [2.75, 3.05) is 5.32 Å². The number of aromatic nitrogens is 1. The molecule has 16 heavy (non-hydrogen) atoms. The lowest BCUT2D eigenvalue weighted by molar-refractivity contribution is 0.252. The van der Waals surface area contributed by atoms with Gasteiger partial charge in [0.25, 0.3) is 0 Å². The third-order valence-corrected chi connectivity index (χ3v) is 2.80. The van der Waals surface area contributed by atoms with E-state index in [1.807, 2.05) is 17.5 Å². The maximum absolute atomic E-state index is 11.5. The maximum Gasteiger partial charge on any atom is 0.319 e. The van der Waals surface area contributed by atoms with Gasteiger partial charge in [0, 0.05) is 11.1 Å². The first-order valence-electron chi connectivity index (χ1n) is 4.82. The minimum Gasteiger partial charge on any atom is -0.333 e. The van der Waals surface area contributed by atoms with E-state index < -0.39 is 0 Å². The van der Waals surface area contributed by atoms with Gasteiger partial charge in [-0.15, -0.1) is 11.3 Å². The molecule has 2 N–H and O–H groups in total. The summed E-state index contributed by atoms with van der Waals surface area (Å²) < 4.78 is 0. The van der Waals surface area contributed by atoms with E-state index >= 15 is 0 Å². The van der Waals surface area contributed by atoms with Crippen molar-refractivity contribution in [3.05, 3.63) is 46.9 Å². The Balaban J connectivity index is 1.81. The average molecular weight is 233 g/mol. The van der Waals surface area contributed by atoms with Crippen molar-refractivity contribution < 1.29 is 4.79 Å². The molecule has 0 radical (unpaired) electrons. The quantitative estimate of drug-likeness (QED) is 0.855. The Morgan fingerprint density at radius 2 is 2.31 bits per heavy atom. The van der Waals surface area contributed by atoms with Crippen molar-refractivity contribution in [1.29, 1.82) is 0 Å². The molecule has 0 aliphatic carbocycles. The molecule has 0 bridgehead atoms. The summed E-state index contributed by atoms with van der Waals surface area (Å²) in [5.41, 5.74) is 0.686. The topological polar surface area (TPSA) is 54.0 Å². The van der Waals surface area contributed by atoms with Gasteiger partial charge in [-0.05, 0) is 23.6 Å². The lowest BCUT2D eigenvalue weighted by Gasteiger charge is -2.05. The summed E-state index contributed by atoms with van der Waals surface area (Å²) in [6, 6.07) is 7.28. The standard InChI is InChI=1S/C11H11N3OS/c15-11(13-8-10-4-2-6-16-10)14-9-3-1-5-12-7-9/h1-7H,8H2,(H2,13,14,15). The highest BCUT2D eigenvalue weighted by atomic mass is 32.1. The van der Waals surface area contributed by atoms with Gasteiger partial charge in [-0.25, -0.2) is 4.79 Å². The summed E-state index contributed by atoms with van der Waals surface area (Å²) in [5, 5.41) is 7.44. The van der Waals surface area contributed by atoms with Gasteiger partial charge in [-0.3, -0.25) is 4.98 Å². The predicted octanol–water partition coefficient (Wildman–Crippen LogP) is 2.46. The molecule has 0 fully saturated rings. The van der Waals surface area contributed by atoms with Crippen LogP contribution in [0.1, 0.15) is 4.88 Å². The Bertz CT molecular complexity index is 442. The Morgan fingerprint density at radius 3 is 3.00 bits per heavy atom. The fourth-order valence-electron chi connectivity index (χ4n) is 1.19. The van der Waals surface area contributed by atoms with Crippen molar-refractivity contribution >= 4 is 23.1 Å². The summed E-state index contributed by atoms with van der Waals surface area (Å²) in [7, 11) is 0. The van der Waals surface area contributed by atoms with Gasteiger partial charge < -0.3 is 10.6 Å². The van der Waals surface area contributed by atoms with Gasteiger partial charge in [0.2, 0.25) is 0 Å². The van der Waals surface area contributed by atoms with Crippen LogP contribution in [0.5, 0.6) is 0 Å². The molecule has 82 valence electrons. The minimum absolute atomic E-state index is 0.221. The number of pyridine rings is 1. The van der Waals surface area contributed by atoms with Crippen LogP contribution in [0, 0.1) is 0 Å². The monoisotopic (exact) mass is 233 g/mol. The average Bonchev–Trinajstić information content (AvgIpc) is 2.81. The van der Waals surface area contributed by atoms with Crippen LogP contribution < -0.4 is 10.6 Å². The van der Waals surface area contributed by atoms with Gasteiger partial charge >= 0.3 is 6.03 Å². The molecule has 0 saturated heterocycles. The molecular formula is C11H11N3OS. The Morgan fingerprint density at radius 1 is 1.38 bits per heavy atom. The number of amides is 2. The Kier molecular flexibility index (Phi) is 3.50. The first kappa shape index (κ1) is 10.6. The Hall–Kier alpha value is -1.88. The van der Waals surface area contributed by atoms with Crippen molar-refractivity contribution in [3.63, 3.8) is 0 Å². The SMILES string of the molecule is O=C(NCc1cccs1)Nc1cccnc1. The summed E-state index contributed by atoms with van der Waals surface area (Å²) >= 11 is 1.62. The van der Waals surface area contributed by atoms with Gasteiger partial charge in [0.1, 0.15) is 0 Å². The molecule has 2 amide bonds. The molecule has 4 nitrogen and oxygen atoms in total. The van der Waals surface area contributed by atoms with Crippen LogP contribution in [0.25, 0.3) is 0 Å². The van der Waals surface area contributed by atoms with E-state index in [0.29, 0.717) is 12.2 Å². The first-order valence-corrected chi connectivity index (χ1v) is 5.70. The van der Waals surface area contributed by atoms with E-state index in [1.54, 1.807) is 35.9 Å². The van der Waals surface area contributed by atoms with Crippen LogP contribution in [0.3, 0.4) is 0 Å². The Labute approximate surface area is 97.3 Å². The third-order valence-electron chi connectivity index (χ3n) is 1.92. The highest BCUT2D eigenvalue weighted by Crippen LogP contribution is 2.07. The number of carbonyl (C=O) groups is 1. The number of rotatable bonds is 3. The van der Waals surface area contributed by atoms with E-state index in [4.69, 9.17) is 0 Å². The highest BCUT2D eigenvalue weighted by Gasteiger charge is 2.01. The maximum atomic E-state index is 11.5. The summed E-state index contributed by atoms with van der Waals surface area (Å²) in [6.07, 6.45) is 3.26. The summed E-state index contributed by atoms with van der Waals surface area (Å²) in [6.45, 7) is 0.545. The number of hydrogen-bond donors (Lipinski definition) is 2. The number of carbonyl (C=O) groups excluding carboxylic acids is 1. The van der Waals surface area contributed by atoms with Crippen molar-refractivity contribution in [2.24, 2.45) is 0 Å². The smallest absolute Gasteiger partial charge is 0.319 e. The van der Waals surface area contributed by atoms with Crippen LogP contribution in [0.2, 0.25) is 0 Å². The molecule has 0 saturated carbocycles. The van der Waals surface area contributed by atoms with Gasteiger partial charge in [0.15, 0.2) is 0 Å². The van der Waals surface area contributed by atoms with Gasteiger partial charge in [0.05, 0.1) is 18.4 Å². The molecular weight excluding hydrogens is 222 g/mol. The number of nitrogens with zero attached hydrogens (tertiary/aromatic N) is 1. The lowest BCUT2D eigenvalue weighted by atomic mass is 10.4.